The van der Waals surface area contributed by atoms with E-state index in [9.17, 15) is 0 Å². The van der Waals surface area contributed by atoms with Crippen molar-refractivity contribution < 1.29 is 4.42 Å². The number of halogens is 2. The first kappa shape index (κ1) is 16.5. The van der Waals surface area contributed by atoms with Gasteiger partial charge in [0.2, 0.25) is 5.89 Å². The van der Waals surface area contributed by atoms with E-state index in [4.69, 9.17) is 4.42 Å². The lowest BCUT2D eigenvalue weighted by Crippen LogP contribution is -1.81. The van der Waals surface area contributed by atoms with Crippen LogP contribution in [0.5, 0.6) is 0 Å². The molecule has 4 rings (SSSR count). The third-order valence-electron chi connectivity index (χ3n) is 3.65. The maximum Gasteiger partial charge on any atom is 0.227 e. The van der Waals surface area contributed by atoms with Crippen LogP contribution in [0.3, 0.4) is 0 Å². The fourth-order valence-electron chi connectivity index (χ4n) is 2.47. The zero-order chi connectivity index (χ0) is 17.2. The zero-order valence-corrected chi connectivity index (χ0v) is 16.7. The highest BCUT2D eigenvalue weighted by molar-refractivity contribution is 14.1. The molecular weight excluding hydrogens is 491 g/mol. The Morgan fingerprint density at radius 3 is 2.72 bits per heavy atom. The first-order valence-corrected chi connectivity index (χ1v) is 9.51. The molecule has 1 aromatic heterocycles. The number of hydrogen-bond donors (Lipinski definition) is 0. The zero-order valence-electron chi connectivity index (χ0n) is 13.0. The van der Waals surface area contributed by atoms with Crippen molar-refractivity contribution in [2.75, 3.05) is 0 Å². The molecule has 0 spiro atoms. The van der Waals surface area contributed by atoms with Crippen molar-refractivity contribution in [2.24, 2.45) is 4.99 Å². The number of aliphatic imine (C=N–C) groups is 1. The fraction of sp³-hybridized carbons (Fsp3) is 0. The number of benzene rings is 3. The van der Waals surface area contributed by atoms with E-state index in [-0.39, 0.29) is 0 Å². The summed E-state index contributed by atoms with van der Waals surface area (Å²) in [7, 11) is 0. The van der Waals surface area contributed by atoms with E-state index in [1.165, 1.54) is 3.57 Å². The van der Waals surface area contributed by atoms with Crippen LogP contribution >= 0.6 is 38.5 Å². The second kappa shape index (κ2) is 7.09. The van der Waals surface area contributed by atoms with E-state index in [2.05, 4.69) is 60.6 Å². The maximum atomic E-state index is 5.91. The van der Waals surface area contributed by atoms with Crippen LogP contribution in [0.25, 0.3) is 22.6 Å². The average Bonchev–Trinajstić information content (AvgIpc) is 3.03. The van der Waals surface area contributed by atoms with E-state index < -0.39 is 0 Å². The lowest BCUT2D eigenvalue weighted by molar-refractivity contribution is 0.620. The van der Waals surface area contributed by atoms with Crippen molar-refractivity contribution in [3.8, 4) is 11.5 Å². The van der Waals surface area contributed by atoms with Crippen molar-refractivity contribution in [1.82, 2.24) is 4.98 Å². The Morgan fingerprint density at radius 2 is 1.88 bits per heavy atom. The monoisotopic (exact) mass is 502 g/mol. The first-order chi connectivity index (χ1) is 12.2. The quantitative estimate of drug-likeness (QED) is 0.233. The molecule has 1 heterocycles. The normalized spacial score (nSPS) is 11.4. The second-order valence-electron chi connectivity index (χ2n) is 5.49. The molecule has 0 saturated heterocycles. The van der Waals surface area contributed by atoms with Crippen LogP contribution in [0.1, 0.15) is 5.56 Å². The first-order valence-electron chi connectivity index (χ1n) is 7.63. The standard InChI is InChI=1S/C20H12BrIN2O/c21-15-5-2-4-14(10-15)20-24-18-8-7-17(11-19(18)25-20)23-12-13-3-1-6-16(22)9-13/h1-12H. The number of rotatable bonds is 3. The minimum absolute atomic E-state index is 0.607. The van der Waals surface area contributed by atoms with Crippen molar-refractivity contribution in [3.05, 3.63) is 80.3 Å². The molecule has 0 fully saturated rings. The van der Waals surface area contributed by atoms with E-state index in [0.29, 0.717) is 5.89 Å². The molecule has 0 bridgehead atoms. The minimum atomic E-state index is 0.607. The topological polar surface area (TPSA) is 38.4 Å². The minimum Gasteiger partial charge on any atom is -0.436 e. The molecule has 4 aromatic rings. The van der Waals surface area contributed by atoms with Crippen molar-refractivity contribution in [2.45, 2.75) is 0 Å². The molecule has 25 heavy (non-hydrogen) atoms. The lowest BCUT2D eigenvalue weighted by Gasteiger charge is -1.95. The van der Waals surface area contributed by atoms with Gasteiger partial charge in [0.05, 0.1) is 5.69 Å². The summed E-state index contributed by atoms with van der Waals surface area (Å²) < 4.78 is 8.10. The highest BCUT2D eigenvalue weighted by Gasteiger charge is 2.09. The fourth-order valence-corrected chi connectivity index (χ4v) is 3.44. The molecule has 0 unspecified atom stereocenters. The lowest BCUT2D eigenvalue weighted by atomic mass is 10.2. The Labute approximate surface area is 167 Å². The van der Waals surface area contributed by atoms with Gasteiger partial charge in [0.15, 0.2) is 5.58 Å². The molecule has 0 aliphatic heterocycles. The largest absolute Gasteiger partial charge is 0.436 e. The number of hydrogen-bond acceptors (Lipinski definition) is 3. The molecule has 5 heteroatoms. The van der Waals surface area contributed by atoms with Crippen molar-refractivity contribution in [3.63, 3.8) is 0 Å². The summed E-state index contributed by atoms with van der Waals surface area (Å²) in [4.78, 5) is 9.09. The Balaban J connectivity index is 1.66. The van der Waals surface area contributed by atoms with Gasteiger partial charge in [-0.05, 0) is 70.6 Å². The smallest absolute Gasteiger partial charge is 0.227 e. The summed E-state index contributed by atoms with van der Waals surface area (Å²) >= 11 is 5.77. The highest BCUT2D eigenvalue weighted by Crippen LogP contribution is 2.28. The van der Waals surface area contributed by atoms with Gasteiger partial charge in [0.1, 0.15) is 5.52 Å². The van der Waals surface area contributed by atoms with Crippen LogP contribution in [0, 0.1) is 3.57 Å². The maximum absolute atomic E-state index is 5.91. The van der Waals surface area contributed by atoms with E-state index in [1.807, 2.05) is 60.8 Å². The van der Waals surface area contributed by atoms with Gasteiger partial charge in [-0.2, -0.15) is 0 Å². The Bertz CT molecular complexity index is 1090. The number of fused-ring (bicyclic) bond motifs is 1. The highest BCUT2D eigenvalue weighted by atomic mass is 127. The molecule has 0 aliphatic rings. The van der Waals surface area contributed by atoms with E-state index in [0.717, 1.165) is 32.4 Å². The summed E-state index contributed by atoms with van der Waals surface area (Å²) in [5.74, 6) is 0.607. The molecule has 0 aliphatic carbocycles. The van der Waals surface area contributed by atoms with Gasteiger partial charge in [0.25, 0.3) is 0 Å². The molecule has 3 nitrogen and oxygen atoms in total. The molecule has 0 amide bonds. The second-order valence-corrected chi connectivity index (χ2v) is 7.66. The van der Waals surface area contributed by atoms with Crippen LogP contribution in [0.4, 0.5) is 5.69 Å². The van der Waals surface area contributed by atoms with Crippen LogP contribution in [-0.2, 0) is 0 Å². The van der Waals surface area contributed by atoms with Crippen LogP contribution in [0.2, 0.25) is 0 Å². The summed E-state index contributed by atoms with van der Waals surface area (Å²) in [5, 5.41) is 0. The third kappa shape index (κ3) is 3.82. The van der Waals surface area contributed by atoms with Crippen molar-refractivity contribution in [1.29, 1.82) is 0 Å². The Kier molecular flexibility index (Phi) is 4.67. The van der Waals surface area contributed by atoms with Crippen LogP contribution < -0.4 is 0 Å². The van der Waals surface area contributed by atoms with Gasteiger partial charge < -0.3 is 4.42 Å². The van der Waals surface area contributed by atoms with Crippen LogP contribution in [0.15, 0.2) is 80.6 Å². The number of nitrogens with zero attached hydrogens (tertiary/aromatic N) is 2. The predicted molar refractivity (Wildman–Crippen MR) is 114 cm³/mol. The van der Waals surface area contributed by atoms with E-state index in [1.54, 1.807) is 0 Å². The Morgan fingerprint density at radius 1 is 1.00 bits per heavy atom. The summed E-state index contributed by atoms with van der Waals surface area (Å²) in [6, 6.07) is 21.9. The van der Waals surface area contributed by atoms with Crippen LogP contribution in [-0.4, -0.2) is 11.2 Å². The van der Waals surface area contributed by atoms with Gasteiger partial charge in [-0.3, -0.25) is 4.99 Å². The number of aromatic nitrogens is 1. The predicted octanol–water partition coefficient (Wildman–Crippen LogP) is 6.61. The molecule has 3 aromatic carbocycles. The molecule has 0 radical (unpaired) electrons. The molecule has 0 saturated carbocycles. The Hall–Kier alpha value is -1.99. The molecule has 0 N–H and O–H groups in total. The van der Waals surface area contributed by atoms with Crippen molar-refractivity contribution >= 4 is 61.5 Å². The van der Waals surface area contributed by atoms with Gasteiger partial charge in [-0.25, -0.2) is 4.98 Å². The molecule has 122 valence electrons. The molecular formula is C20H12BrIN2O. The molecule has 0 atom stereocenters. The average molecular weight is 503 g/mol. The third-order valence-corrected chi connectivity index (χ3v) is 4.82. The number of oxazole rings is 1. The summed E-state index contributed by atoms with van der Waals surface area (Å²) in [6.45, 7) is 0. The summed E-state index contributed by atoms with van der Waals surface area (Å²) in [6.07, 6.45) is 1.86. The van der Waals surface area contributed by atoms with Gasteiger partial charge >= 0.3 is 0 Å². The SMILES string of the molecule is Brc1cccc(-c2nc3ccc(N=Cc4cccc(I)c4)cc3o2)c1. The van der Waals surface area contributed by atoms with E-state index >= 15 is 0 Å². The van der Waals surface area contributed by atoms with Gasteiger partial charge in [-0.1, -0.05) is 34.1 Å². The van der Waals surface area contributed by atoms with Gasteiger partial charge in [-0.15, -0.1) is 0 Å². The summed E-state index contributed by atoms with van der Waals surface area (Å²) in [5.41, 5.74) is 4.40. The van der Waals surface area contributed by atoms with Gasteiger partial charge in [0, 0.05) is 25.9 Å².